The van der Waals surface area contributed by atoms with E-state index in [0.29, 0.717) is 5.56 Å². The molecule has 1 rings (SSSR count). The van der Waals surface area contributed by atoms with E-state index >= 15 is 0 Å². The van der Waals surface area contributed by atoms with Gasteiger partial charge in [0.05, 0.1) is 4.90 Å². The van der Waals surface area contributed by atoms with E-state index in [1.54, 1.807) is 25.1 Å². The van der Waals surface area contributed by atoms with E-state index in [1.165, 1.54) is 6.07 Å². The van der Waals surface area contributed by atoms with Gasteiger partial charge in [0.15, 0.2) is 0 Å². The first kappa shape index (κ1) is 12.5. The minimum absolute atomic E-state index is 0. The van der Waals surface area contributed by atoms with Crippen molar-refractivity contribution in [2.45, 2.75) is 11.8 Å². The number of aryl methyl sites for hydroxylation is 1. The van der Waals surface area contributed by atoms with Crippen molar-refractivity contribution in [3.05, 3.63) is 29.8 Å². The molecule has 0 amide bonds. The molecule has 0 aliphatic rings. The maximum atomic E-state index is 10.6. The van der Waals surface area contributed by atoms with Crippen molar-refractivity contribution in [1.82, 2.24) is 0 Å². The van der Waals surface area contributed by atoms with Crippen LogP contribution in [0.2, 0.25) is 0 Å². The molecule has 64 valence electrons. The molecule has 0 saturated carbocycles. The van der Waals surface area contributed by atoms with Gasteiger partial charge in [-0.3, -0.25) is 4.55 Å². The number of rotatable bonds is 1. The van der Waals surface area contributed by atoms with Gasteiger partial charge in [-0.05, 0) is 18.6 Å². The summed E-state index contributed by atoms with van der Waals surface area (Å²) >= 11 is 0. The zero-order valence-electron chi connectivity index (χ0n) is 6.48. The minimum atomic E-state index is -4.03. The van der Waals surface area contributed by atoms with Crippen molar-refractivity contribution in [1.29, 1.82) is 0 Å². The predicted octanol–water partition coefficient (Wildman–Crippen LogP) is 1.24. The Labute approximate surface area is 105 Å². The Morgan fingerprint density at radius 3 is 2.08 bits per heavy atom. The summed E-state index contributed by atoms with van der Waals surface area (Å²) in [5, 5.41) is 0. The van der Waals surface area contributed by atoms with Gasteiger partial charge in [0.2, 0.25) is 0 Å². The molecule has 5 heteroatoms. The van der Waals surface area contributed by atoms with Crippen LogP contribution in [0, 0.1) is 48.7 Å². The zero-order chi connectivity index (χ0) is 8.48. The molecule has 0 unspecified atom stereocenters. The molecule has 0 saturated heterocycles. The molecule has 0 fully saturated rings. The third-order valence-corrected chi connectivity index (χ3v) is 2.39. The number of benzene rings is 1. The van der Waals surface area contributed by atoms with E-state index in [0.717, 1.165) is 0 Å². The summed E-state index contributed by atoms with van der Waals surface area (Å²) in [7, 11) is -4.03. The molecule has 0 heterocycles. The van der Waals surface area contributed by atoms with E-state index in [9.17, 15) is 8.42 Å². The van der Waals surface area contributed by atoms with E-state index in [1.807, 2.05) is 0 Å². The first-order valence-electron chi connectivity index (χ1n) is 3.05. The first-order chi connectivity index (χ1) is 5.02. The summed E-state index contributed by atoms with van der Waals surface area (Å²) in [6.45, 7) is 1.63. The van der Waals surface area contributed by atoms with Crippen molar-refractivity contribution >= 4 is 10.1 Å². The molecule has 0 atom stereocenters. The topological polar surface area (TPSA) is 54.4 Å². The number of hydrogen-bond acceptors (Lipinski definition) is 2. The van der Waals surface area contributed by atoms with Gasteiger partial charge in [0.25, 0.3) is 10.1 Å². The molecule has 1 aromatic rings. The Kier molecular flexibility index (Phi) is 4.86. The van der Waals surface area contributed by atoms with Crippen LogP contribution in [0.4, 0.5) is 0 Å². The quantitative estimate of drug-likeness (QED) is 0.794. The molecule has 0 spiro atoms. The second-order valence-corrected chi connectivity index (χ2v) is 3.63. The fourth-order valence-corrected chi connectivity index (χ4v) is 1.57. The summed E-state index contributed by atoms with van der Waals surface area (Å²) in [5.41, 5.74) is 0.551. The van der Waals surface area contributed by atoms with Crippen molar-refractivity contribution in [2.75, 3.05) is 0 Å². The molecular formula is C7H8CeO3S. The van der Waals surface area contributed by atoms with Gasteiger partial charge in [-0.1, -0.05) is 18.2 Å². The Balaban J connectivity index is 0.00000121. The summed E-state index contributed by atoms with van der Waals surface area (Å²) in [6, 6.07) is 6.27. The largest absolute Gasteiger partial charge is 0.294 e. The molecule has 1 aromatic carbocycles. The van der Waals surface area contributed by atoms with E-state index in [2.05, 4.69) is 0 Å². The molecule has 12 heavy (non-hydrogen) atoms. The van der Waals surface area contributed by atoms with Crippen molar-refractivity contribution in [3.8, 4) is 0 Å². The second kappa shape index (κ2) is 4.66. The second-order valence-electron chi connectivity index (χ2n) is 2.24. The van der Waals surface area contributed by atoms with Crippen molar-refractivity contribution in [2.24, 2.45) is 0 Å². The van der Waals surface area contributed by atoms with Crippen LogP contribution in [-0.2, 0) is 10.1 Å². The summed E-state index contributed by atoms with van der Waals surface area (Å²) < 4.78 is 29.9. The van der Waals surface area contributed by atoms with Crippen LogP contribution in [0.25, 0.3) is 0 Å². The van der Waals surface area contributed by atoms with Gasteiger partial charge in [-0.2, -0.15) is 8.42 Å². The fourth-order valence-electron chi connectivity index (χ4n) is 0.846. The van der Waals surface area contributed by atoms with Gasteiger partial charge < -0.3 is 0 Å². The van der Waals surface area contributed by atoms with Crippen LogP contribution in [0.15, 0.2) is 29.2 Å². The maximum Gasteiger partial charge on any atom is 0.294 e. The Bertz CT molecular complexity index is 359. The average molecular weight is 312 g/mol. The first-order valence-corrected chi connectivity index (χ1v) is 4.49. The Morgan fingerprint density at radius 1 is 1.25 bits per heavy atom. The van der Waals surface area contributed by atoms with Crippen LogP contribution < -0.4 is 0 Å². The Morgan fingerprint density at radius 2 is 1.75 bits per heavy atom. The third-order valence-electron chi connectivity index (χ3n) is 1.37. The molecule has 0 bridgehead atoms. The van der Waals surface area contributed by atoms with Gasteiger partial charge in [-0.25, -0.2) is 0 Å². The van der Waals surface area contributed by atoms with E-state index in [4.69, 9.17) is 4.55 Å². The van der Waals surface area contributed by atoms with E-state index < -0.39 is 10.1 Å². The average Bonchev–Trinajstić information content (AvgIpc) is 1.86. The maximum absolute atomic E-state index is 10.6. The summed E-state index contributed by atoms with van der Waals surface area (Å²) in [4.78, 5) is -0.0278. The normalized spacial score (nSPS) is 10.5. The van der Waals surface area contributed by atoms with Crippen molar-refractivity contribution < 1.29 is 54.7 Å². The van der Waals surface area contributed by atoms with Crippen LogP contribution in [0.5, 0.6) is 0 Å². The monoisotopic (exact) mass is 312 g/mol. The standard InChI is InChI=1S/C7H8O3S.Ce/c1-6-4-2-3-5-7(6)11(8,9)10;/h2-5H,1H3,(H,8,9,10);. The summed E-state index contributed by atoms with van der Waals surface area (Å²) in [5.74, 6) is 0. The van der Waals surface area contributed by atoms with Crippen LogP contribution >= 0.6 is 0 Å². The Hall–Kier alpha value is 0.507. The molecular weight excluding hydrogens is 304 g/mol. The molecule has 0 radical (unpaired) electrons. The van der Waals surface area contributed by atoms with Gasteiger partial charge >= 0.3 is 0 Å². The molecule has 0 aliphatic heterocycles. The molecule has 3 nitrogen and oxygen atoms in total. The van der Waals surface area contributed by atoms with Crippen molar-refractivity contribution in [3.63, 3.8) is 0 Å². The number of hydrogen-bond donors (Lipinski definition) is 1. The molecule has 1 N–H and O–H groups in total. The zero-order valence-corrected chi connectivity index (χ0v) is 10.4. The fraction of sp³-hybridized carbons (Fsp3) is 0.143. The SMILES string of the molecule is Cc1ccccc1S(=O)(=O)O.[Ce]. The van der Waals surface area contributed by atoms with Crippen LogP contribution in [-0.4, -0.2) is 13.0 Å². The molecule has 0 aliphatic carbocycles. The molecule has 0 aromatic heterocycles. The van der Waals surface area contributed by atoms with E-state index in [-0.39, 0.29) is 46.6 Å². The predicted molar refractivity (Wildman–Crippen MR) is 41.0 cm³/mol. The van der Waals surface area contributed by atoms with Crippen LogP contribution in [0.3, 0.4) is 0 Å². The third kappa shape index (κ3) is 3.10. The summed E-state index contributed by atoms with van der Waals surface area (Å²) in [6.07, 6.45) is 0. The minimum Gasteiger partial charge on any atom is -0.282 e. The van der Waals surface area contributed by atoms with Crippen LogP contribution in [0.1, 0.15) is 5.56 Å². The van der Waals surface area contributed by atoms with Gasteiger partial charge in [-0.15, -0.1) is 0 Å². The smallest absolute Gasteiger partial charge is 0.282 e. The van der Waals surface area contributed by atoms with Gasteiger partial charge in [0, 0.05) is 41.7 Å². The van der Waals surface area contributed by atoms with Gasteiger partial charge in [0.1, 0.15) is 0 Å².